The molecule has 0 aliphatic heterocycles. The molecule has 15 heavy (non-hydrogen) atoms. The molecule has 5 heteroatoms. The third-order valence-electron chi connectivity index (χ3n) is 2.16. The molecule has 1 rings (SSSR count). The highest BCUT2D eigenvalue weighted by atomic mass is 79.9. The molecule has 1 aromatic heterocycles. The van der Waals surface area contributed by atoms with Gasteiger partial charge >= 0.3 is 5.97 Å². The second-order valence-electron chi connectivity index (χ2n) is 3.68. The Morgan fingerprint density at radius 2 is 2.40 bits per heavy atom. The fourth-order valence-electron chi connectivity index (χ4n) is 1.49. The van der Waals surface area contributed by atoms with Crippen molar-refractivity contribution in [2.75, 3.05) is 0 Å². The molecule has 3 nitrogen and oxygen atoms in total. The Bertz CT molecular complexity index is 340. The van der Waals surface area contributed by atoms with Crippen molar-refractivity contribution >= 4 is 33.2 Å². The molecule has 0 aromatic carbocycles. The molecule has 0 fully saturated rings. The molecule has 2 atom stereocenters. The summed E-state index contributed by atoms with van der Waals surface area (Å²) in [6.45, 7) is 1.91. The van der Waals surface area contributed by atoms with Crippen molar-refractivity contribution in [3.05, 3.63) is 20.8 Å². The van der Waals surface area contributed by atoms with Crippen molar-refractivity contribution in [2.24, 2.45) is 11.7 Å². The van der Waals surface area contributed by atoms with Crippen LogP contribution in [0.25, 0.3) is 0 Å². The number of aliphatic carboxylic acids is 1. The zero-order valence-corrected chi connectivity index (χ0v) is 10.8. The van der Waals surface area contributed by atoms with Crippen molar-refractivity contribution in [1.82, 2.24) is 0 Å². The summed E-state index contributed by atoms with van der Waals surface area (Å²) in [5.74, 6) is -0.661. The van der Waals surface area contributed by atoms with Crippen molar-refractivity contribution < 1.29 is 9.90 Å². The van der Waals surface area contributed by atoms with Crippen molar-refractivity contribution in [1.29, 1.82) is 0 Å². The lowest BCUT2D eigenvalue weighted by Gasteiger charge is -2.15. The van der Waals surface area contributed by atoms with Crippen LogP contribution in [0.1, 0.15) is 30.7 Å². The fraction of sp³-hybridized carbons (Fsp3) is 0.500. The molecule has 0 saturated heterocycles. The molecule has 1 aromatic rings. The monoisotopic (exact) mass is 291 g/mol. The first-order valence-corrected chi connectivity index (χ1v) is 6.38. The molecular formula is C10H14BrNO2S. The molecule has 0 aliphatic carbocycles. The zero-order chi connectivity index (χ0) is 11.4. The normalized spacial score (nSPS) is 14.9. The molecule has 0 amide bonds. The Labute approximate surface area is 101 Å². The van der Waals surface area contributed by atoms with E-state index < -0.39 is 5.97 Å². The molecule has 0 spiro atoms. The van der Waals surface area contributed by atoms with Gasteiger partial charge in [0.05, 0.1) is 0 Å². The molecule has 2 unspecified atom stereocenters. The van der Waals surface area contributed by atoms with Crippen LogP contribution >= 0.6 is 27.3 Å². The Morgan fingerprint density at radius 3 is 2.87 bits per heavy atom. The van der Waals surface area contributed by atoms with E-state index in [1.54, 1.807) is 11.3 Å². The number of halogens is 1. The number of carboxylic acids is 1. The SMILES string of the molecule is CC(CC(=O)O)CC(N)c1sccc1Br. The van der Waals surface area contributed by atoms with E-state index in [1.165, 1.54) is 0 Å². The summed E-state index contributed by atoms with van der Waals surface area (Å²) in [4.78, 5) is 11.6. The van der Waals surface area contributed by atoms with Crippen molar-refractivity contribution in [3.8, 4) is 0 Å². The summed E-state index contributed by atoms with van der Waals surface area (Å²) >= 11 is 5.02. The molecule has 0 saturated carbocycles. The van der Waals surface area contributed by atoms with Crippen molar-refractivity contribution in [3.63, 3.8) is 0 Å². The van der Waals surface area contributed by atoms with Gasteiger partial charge in [-0.05, 0) is 39.7 Å². The Morgan fingerprint density at radius 1 is 1.73 bits per heavy atom. The van der Waals surface area contributed by atoms with Crippen LogP contribution in [0.4, 0.5) is 0 Å². The highest BCUT2D eigenvalue weighted by molar-refractivity contribution is 9.10. The van der Waals surface area contributed by atoms with E-state index in [4.69, 9.17) is 10.8 Å². The second kappa shape index (κ2) is 5.63. The van der Waals surface area contributed by atoms with Crippen LogP contribution in [0.3, 0.4) is 0 Å². The Hall–Kier alpha value is -0.390. The maximum Gasteiger partial charge on any atom is 0.303 e. The van der Waals surface area contributed by atoms with Gasteiger partial charge in [-0.3, -0.25) is 4.79 Å². The van der Waals surface area contributed by atoms with E-state index in [-0.39, 0.29) is 18.4 Å². The lowest BCUT2D eigenvalue weighted by Crippen LogP contribution is -2.15. The number of nitrogens with two attached hydrogens (primary N) is 1. The highest BCUT2D eigenvalue weighted by Gasteiger charge is 2.16. The maximum absolute atomic E-state index is 10.5. The largest absolute Gasteiger partial charge is 0.481 e. The molecule has 0 radical (unpaired) electrons. The first-order valence-electron chi connectivity index (χ1n) is 4.71. The standard InChI is InChI=1S/C10H14BrNO2S/c1-6(5-9(13)14)4-8(12)10-7(11)2-3-15-10/h2-3,6,8H,4-5,12H2,1H3,(H,13,14). The molecular weight excluding hydrogens is 278 g/mol. The van der Waals surface area contributed by atoms with E-state index in [0.717, 1.165) is 9.35 Å². The number of hydrogen-bond acceptors (Lipinski definition) is 3. The van der Waals surface area contributed by atoms with E-state index in [9.17, 15) is 4.79 Å². The molecule has 0 bridgehead atoms. The lowest BCUT2D eigenvalue weighted by molar-refractivity contribution is -0.138. The second-order valence-corrected chi connectivity index (χ2v) is 5.48. The van der Waals surface area contributed by atoms with Gasteiger partial charge in [-0.1, -0.05) is 6.92 Å². The van der Waals surface area contributed by atoms with Gasteiger partial charge in [0.15, 0.2) is 0 Å². The summed E-state index contributed by atoms with van der Waals surface area (Å²) < 4.78 is 1.02. The number of carbonyl (C=O) groups is 1. The van der Waals surface area contributed by atoms with Gasteiger partial charge in [0, 0.05) is 21.8 Å². The van der Waals surface area contributed by atoms with Crippen molar-refractivity contribution in [2.45, 2.75) is 25.8 Å². The van der Waals surface area contributed by atoms with Gasteiger partial charge in [0.2, 0.25) is 0 Å². The Kier molecular flexibility index (Phi) is 4.76. The van der Waals surface area contributed by atoms with Gasteiger partial charge < -0.3 is 10.8 Å². The Balaban J connectivity index is 2.52. The van der Waals surface area contributed by atoms with E-state index in [0.29, 0.717) is 6.42 Å². The quantitative estimate of drug-likeness (QED) is 0.877. The minimum absolute atomic E-state index is 0.0753. The maximum atomic E-state index is 10.5. The van der Waals surface area contributed by atoms with Crippen LogP contribution in [-0.4, -0.2) is 11.1 Å². The minimum Gasteiger partial charge on any atom is -0.481 e. The van der Waals surface area contributed by atoms with Crippen LogP contribution in [0.2, 0.25) is 0 Å². The lowest BCUT2D eigenvalue weighted by atomic mass is 9.98. The number of hydrogen-bond donors (Lipinski definition) is 2. The van der Waals surface area contributed by atoms with Crippen LogP contribution in [-0.2, 0) is 4.79 Å². The van der Waals surface area contributed by atoms with E-state index in [1.807, 2.05) is 18.4 Å². The molecule has 0 aliphatic rings. The minimum atomic E-state index is -0.764. The van der Waals surface area contributed by atoms with Crippen LogP contribution in [0.5, 0.6) is 0 Å². The number of rotatable bonds is 5. The number of carboxylic acid groups (broad SMARTS) is 1. The van der Waals surface area contributed by atoms with Gasteiger partial charge in [0.1, 0.15) is 0 Å². The van der Waals surface area contributed by atoms with E-state index >= 15 is 0 Å². The van der Waals surface area contributed by atoms with Gasteiger partial charge in [-0.2, -0.15) is 0 Å². The predicted octanol–water partition coefficient (Wildman–Crippen LogP) is 3.01. The summed E-state index contributed by atoms with van der Waals surface area (Å²) in [7, 11) is 0. The topological polar surface area (TPSA) is 63.3 Å². The number of thiophene rings is 1. The first-order chi connectivity index (χ1) is 7.00. The highest BCUT2D eigenvalue weighted by Crippen LogP contribution is 2.31. The third kappa shape index (κ3) is 3.93. The fourth-order valence-corrected chi connectivity index (χ4v) is 3.18. The summed E-state index contributed by atoms with van der Waals surface area (Å²) in [5, 5.41) is 10.6. The molecule has 1 heterocycles. The average Bonchev–Trinajstić information content (AvgIpc) is 2.49. The van der Waals surface area contributed by atoms with Crippen LogP contribution in [0.15, 0.2) is 15.9 Å². The summed E-state index contributed by atoms with van der Waals surface area (Å²) in [6.07, 6.45) is 0.877. The third-order valence-corrected chi connectivity index (χ3v) is 4.16. The summed E-state index contributed by atoms with van der Waals surface area (Å²) in [5.41, 5.74) is 6.00. The van der Waals surface area contributed by atoms with Gasteiger partial charge in [-0.15, -0.1) is 11.3 Å². The average molecular weight is 292 g/mol. The summed E-state index contributed by atoms with van der Waals surface area (Å²) in [6, 6.07) is 1.88. The van der Waals surface area contributed by atoms with E-state index in [2.05, 4.69) is 15.9 Å². The van der Waals surface area contributed by atoms with Crippen LogP contribution < -0.4 is 5.73 Å². The smallest absolute Gasteiger partial charge is 0.303 e. The van der Waals surface area contributed by atoms with Gasteiger partial charge in [0.25, 0.3) is 0 Å². The first kappa shape index (κ1) is 12.7. The predicted molar refractivity (Wildman–Crippen MR) is 65.0 cm³/mol. The molecule has 3 N–H and O–H groups in total. The van der Waals surface area contributed by atoms with Crippen LogP contribution in [0, 0.1) is 5.92 Å². The zero-order valence-electron chi connectivity index (χ0n) is 8.44. The molecule has 84 valence electrons. The van der Waals surface area contributed by atoms with Gasteiger partial charge in [-0.25, -0.2) is 0 Å².